The number of ether oxygens (including phenoxy) is 1. The Kier molecular flexibility index (Phi) is 3.79. The molecule has 0 fully saturated rings. The van der Waals surface area contributed by atoms with Crippen LogP contribution in [-0.2, 0) is 4.74 Å². The average molecular weight is 276 g/mol. The van der Waals surface area contributed by atoms with Gasteiger partial charge in [0, 0.05) is 18.2 Å². The summed E-state index contributed by atoms with van der Waals surface area (Å²) in [6, 6.07) is 7.39. The van der Waals surface area contributed by atoms with Gasteiger partial charge in [0.05, 0.1) is 10.6 Å². The number of benzene rings is 1. The summed E-state index contributed by atoms with van der Waals surface area (Å²) >= 11 is 0. The van der Waals surface area contributed by atoms with Crippen molar-refractivity contribution < 1.29 is 19.0 Å². The van der Waals surface area contributed by atoms with Crippen LogP contribution in [0.15, 0.2) is 34.9 Å². The van der Waals surface area contributed by atoms with Crippen LogP contribution in [0.5, 0.6) is 0 Å². The predicted octanol–water partition coefficient (Wildman–Crippen LogP) is 2.81. The first kappa shape index (κ1) is 13.7. The third kappa shape index (κ3) is 3.00. The second-order valence-corrected chi connectivity index (χ2v) is 4.23. The fraction of sp³-hybridized carbons (Fsp3) is 0.231. The fourth-order valence-electron chi connectivity index (χ4n) is 1.64. The van der Waals surface area contributed by atoms with E-state index in [1.807, 2.05) is 0 Å². The highest BCUT2D eigenvalue weighted by molar-refractivity contribution is 5.86. The third-order valence-corrected chi connectivity index (χ3v) is 2.66. The third-order valence-electron chi connectivity index (χ3n) is 2.66. The molecule has 7 heteroatoms. The minimum atomic E-state index is -0.662. The Hall–Kier alpha value is -2.70. The van der Waals surface area contributed by atoms with Gasteiger partial charge in [0.25, 0.3) is 5.69 Å². The Morgan fingerprint density at radius 2 is 2.20 bits per heavy atom. The molecule has 0 amide bonds. The van der Waals surface area contributed by atoms with E-state index < -0.39 is 17.0 Å². The van der Waals surface area contributed by atoms with Gasteiger partial charge in [-0.1, -0.05) is 17.3 Å². The van der Waals surface area contributed by atoms with Crippen LogP contribution in [0.2, 0.25) is 0 Å². The van der Waals surface area contributed by atoms with Gasteiger partial charge in [-0.15, -0.1) is 0 Å². The topological polar surface area (TPSA) is 95.5 Å². The molecule has 0 saturated carbocycles. The maximum atomic E-state index is 11.8. The number of aryl methyl sites for hydroxylation is 1. The number of hydrogen-bond acceptors (Lipinski definition) is 6. The van der Waals surface area contributed by atoms with Gasteiger partial charge in [-0.2, -0.15) is 0 Å². The number of nitro benzene ring substituents is 1. The van der Waals surface area contributed by atoms with E-state index >= 15 is 0 Å². The molecule has 20 heavy (non-hydrogen) atoms. The summed E-state index contributed by atoms with van der Waals surface area (Å²) in [5.41, 5.74) is 1.05. The molecule has 0 aliphatic carbocycles. The first-order chi connectivity index (χ1) is 9.47. The van der Waals surface area contributed by atoms with Gasteiger partial charge in [-0.05, 0) is 19.4 Å². The first-order valence-corrected chi connectivity index (χ1v) is 5.86. The number of nitro groups is 1. The Labute approximate surface area is 114 Å². The van der Waals surface area contributed by atoms with E-state index in [4.69, 9.17) is 9.26 Å². The number of rotatable bonds is 4. The number of non-ortho nitro benzene ring substituents is 1. The van der Waals surface area contributed by atoms with Crippen LogP contribution in [-0.4, -0.2) is 16.0 Å². The van der Waals surface area contributed by atoms with E-state index in [-0.39, 0.29) is 11.4 Å². The molecule has 0 radical (unpaired) electrons. The van der Waals surface area contributed by atoms with Crippen molar-refractivity contribution in [3.05, 3.63) is 57.5 Å². The molecule has 0 N–H and O–H groups in total. The number of carbonyl (C=O) groups excluding carboxylic acids is 1. The second-order valence-electron chi connectivity index (χ2n) is 4.23. The fourth-order valence-corrected chi connectivity index (χ4v) is 1.64. The number of esters is 1. The molecular formula is C13H12N2O5. The molecular weight excluding hydrogens is 264 g/mol. The summed E-state index contributed by atoms with van der Waals surface area (Å²) in [4.78, 5) is 22.0. The van der Waals surface area contributed by atoms with E-state index in [9.17, 15) is 14.9 Å². The zero-order chi connectivity index (χ0) is 14.7. The summed E-state index contributed by atoms with van der Waals surface area (Å²) in [7, 11) is 0. The molecule has 0 saturated heterocycles. The van der Waals surface area contributed by atoms with E-state index in [2.05, 4.69) is 5.16 Å². The second kappa shape index (κ2) is 5.52. The molecule has 0 spiro atoms. The lowest BCUT2D eigenvalue weighted by atomic mass is 10.1. The molecule has 2 rings (SSSR count). The monoisotopic (exact) mass is 276 g/mol. The molecule has 0 aliphatic heterocycles. The van der Waals surface area contributed by atoms with Crippen molar-refractivity contribution in [3.8, 4) is 0 Å². The van der Waals surface area contributed by atoms with Crippen molar-refractivity contribution in [1.82, 2.24) is 5.16 Å². The minimum absolute atomic E-state index is 0.000203. The SMILES string of the molecule is Cc1cc(C(=O)OC(C)c2cccc([N+](=O)[O-])c2)on1. The van der Waals surface area contributed by atoms with E-state index in [1.54, 1.807) is 19.9 Å². The normalized spacial score (nSPS) is 11.9. The molecule has 104 valence electrons. The Morgan fingerprint density at radius 3 is 2.80 bits per heavy atom. The zero-order valence-corrected chi connectivity index (χ0v) is 10.9. The van der Waals surface area contributed by atoms with Crippen LogP contribution in [0.25, 0.3) is 0 Å². The smallest absolute Gasteiger partial charge is 0.377 e. The molecule has 0 aliphatic rings. The van der Waals surface area contributed by atoms with Gasteiger partial charge in [-0.25, -0.2) is 4.79 Å². The predicted molar refractivity (Wildman–Crippen MR) is 68.2 cm³/mol. The number of nitrogens with zero attached hydrogens (tertiary/aromatic N) is 2. The van der Waals surface area contributed by atoms with Gasteiger partial charge in [-0.3, -0.25) is 10.1 Å². The van der Waals surface area contributed by atoms with Gasteiger partial charge < -0.3 is 9.26 Å². The largest absolute Gasteiger partial charge is 0.452 e. The maximum absolute atomic E-state index is 11.8. The van der Waals surface area contributed by atoms with Crippen molar-refractivity contribution in [1.29, 1.82) is 0 Å². The Bertz CT molecular complexity index is 650. The summed E-state index contributed by atoms with van der Waals surface area (Å²) in [5.74, 6) is -0.663. The summed E-state index contributed by atoms with van der Waals surface area (Å²) in [6.45, 7) is 3.31. The Morgan fingerprint density at radius 1 is 1.45 bits per heavy atom. The number of carbonyl (C=O) groups is 1. The van der Waals surface area contributed by atoms with Gasteiger partial charge in [0.2, 0.25) is 5.76 Å². The van der Waals surface area contributed by atoms with Crippen molar-refractivity contribution in [2.24, 2.45) is 0 Å². The van der Waals surface area contributed by atoms with Gasteiger partial charge >= 0.3 is 5.97 Å². The molecule has 1 aromatic carbocycles. The van der Waals surface area contributed by atoms with E-state index in [0.29, 0.717) is 11.3 Å². The van der Waals surface area contributed by atoms with Crippen LogP contribution in [0.4, 0.5) is 5.69 Å². The maximum Gasteiger partial charge on any atom is 0.377 e. The van der Waals surface area contributed by atoms with Crippen molar-refractivity contribution >= 4 is 11.7 Å². The molecule has 1 aromatic heterocycles. The molecule has 1 atom stereocenters. The lowest BCUT2D eigenvalue weighted by Crippen LogP contribution is -2.08. The van der Waals surface area contributed by atoms with Crippen LogP contribution in [0, 0.1) is 17.0 Å². The summed E-state index contributed by atoms with van der Waals surface area (Å²) in [6.07, 6.45) is -0.632. The highest BCUT2D eigenvalue weighted by atomic mass is 16.6. The van der Waals surface area contributed by atoms with Crippen LogP contribution >= 0.6 is 0 Å². The summed E-state index contributed by atoms with van der Waals surface area (Å²) < 4.78 is 9.97. The quantitative estimate of drug-likeness (QED) is 0.484. The lowest BCUT2D eigenvalue weighted by Gasteiger charge is -2.11. The van der Waals surface area contributed by atoms with E-state index in [0.717, 1.165) is 0 Å². The lowest BCUT2D eigenvalue weighted by molar-refractivity contribution is -0.385. The Balaban J connectivity index is 2.12. The van der Waals surface area contributed by atoms with Crippen molar-refractivity contribution in [2.75, 3.05) is 0 Å². The highest BCUT2D eigenvalue weighted by Gasteiger charge is 2.19. The van der Waals surface area contributed by atoms with Crippen molar-refractivity contribution in [3.63, 3.8) is 0 Å². The van der Waals surface area contributed by atoms with Crippen LogP contribution in [0.1, 0.15) is 34.8 Å². The van der Waals surface area contributed by atoms with Gasteiger partial charge in [0.15, 0.2) is 0 Å². The van der Waals surface area contributed by atoms with Crippen LogP contribution in [0.3, 0.4) is 0 Å². The van der Waals surface area contributed by atoms with Crippen molar-refractivity contribution in [2.45, 2.75) is 20.0 Å². The highest BCUT2D eigenvalue weighted by Crippen LogP contribution is 2.22. The molecule has 2 aromatic rings. The first-order valence-electron chi connectivity index (χ1n) is 5.86. The molecule has 1 heterocycles. The standard InChI is InChI=1S/C13H12N2O5/c1-8-6-12(20-14-8)13(16)19-9(2)10-4-3-5-11(7-10)15(17)18/h3-7,9H,1-2H3. The summed E-state index contributed by atoms with van der Waals surface area (Å²) in [5, 5.41) is 14.3. The number of aromatic nitrogens is 1. The van der Waals surface area contributed by atoms with E-state index in [1.165, 1.54) is 24.3 Å². The zero-order valence-electron chi connectivity index (χ0n) is 10.9. The van der Waals surface area contributed by atoms with Gasteiger partial charge in [0.1, 0.15) is 6.10 Å². The minimum Gasteiger partial charge on any atom is -0.452 e. The molecule has 0 bridgehead atoms. The van der Waals surface area contributed by atoms with Crippen LogP contribution < -0.4 is 0 Å². The average Bonchev–Trinajstić information content (AvgIpc) is 2.85. The number of hydrogen-bond donors (Lipinski definition) is 0. The molecule has 7 nitrogen and oxygen atoms in total. The molecule has 1 unspecified atom stereocenters.